The number of nitrogens with zero attached hydrogens (tertiary/aromatic N) is 1. The first-order valence-corrected chi connectivity index (χ1v) is 13.3. The van der Waals surface area contributed by atoms with Crippen molar-refractivity contribution in [3.63, 3.8) is 0 Å². The van der Waals surface area contributed by atoms with Crippen molar-refractivity contribution in [2.45, 2.75) is 97.8 Å². The minimum atomic E-state index is 0. The fourth-order valence-corrected chi connectivity index (χ4v) is 4.93. The Morgan fingerprint density at radius 1 is 0.735 bits per heavy atom. The van der Waals surface area contributed by atoms with Crippen LogP contribution in [-0.4, -0.2) is 37.6 Å². The Kier molecular flexibility index (Phi) is 16.1. The van der Waals surface area contributed by atoms with Crippen molar-refractivity contribution >= 4 is 0 Å². The van der Waals surface area contributed by atoms with E-state index in [9.17, 15) is 0 Å². The highest BCUT2D eigenvalue weighted by Crippen LogP contribution is 2.30. The third-order valence-corrected chi connectivity index (χ3v) is 7.31. The molecule has 3 unspecified atom stereocenters. The maximum atomic E-state index is 2.43. The summed E-state index contributed by atoms with van der Waals surface area (Å²) in [6.07, 6.45) is 11.9. The summed E-state index contributed by atoms with van der Waals surface area (Å²) >= 11 is 0. The van der Waals surface area contributed by atoms with E-state index in [-0.39, 0.29) is 12.9 Å². The average molecular weight is 470 g/mol. The number of likely N-dealkylation sites (N-methyl/N-ethyl adjacent to an activating group) is 1. The van der Waals surface area contributed by atoms with Crippen LogP contribution in [0.25, 0.3) is 0 Å². The zero-order valence-corrected chi connectivity index (χ0v) is 22.4. The lowest BCUT2D eigenvalue weighted by atomic mass is 9.85. The van der Waals surface area contributed by atoms with Gasteiger partial charge in [0.25, 0.3) is 0 Å². The van der Waals surface area contributed by atoms with Crippen LogP contribution < -0.4 is 0 Å². The zero-order valence-electron chi connectivity index (χ0n) is 22.4. The molecule has 194 valence electrons. The molecule has 2 aromatic rings. The Labute approximate surface area is 212 Å². The van der Waals surface area contributed by atoms with E-state index in [0.717, 1.165) is 16.3 Å². The molecular formula is C32H55NO. The Morgan fingerprint density at radius 2 is 1.35 bits per heavy atom. The summed E-state index contributed by atoms with van der Waals surface area (Å²) in [5.74, 6) is 2.26. The van der Waals surface area contributed by atoms with Crippen molar-refractivity contribution in [1.29, 1.82) is 0 Å². The lowest BCUT2D eigenvalue weighted by molar-refractivity contribution is -0.870. The first-order chi connectivity index (χ1) is 15.3. The predicted molar refractivity (Wildman–Crippen MR) is 151 cm³/mol. The average Bonchev–Trinajstić information content (AvgIpc) is 2.79. The highest BCUT2D eigenvalue weighted by molar-refractivity contribution is 5.25. The van der Waals surface area contributed by atoms with Crippen molar-refractivity contribution in [3.8, 4) is 0 Å². The Bertz CT molecular complexity index is 732. The summed E-state index contributed by atoms with van der Waals surface area (Å²) < 4.78 is 1.03. The number of hydrogen-bond donors (Lipinski definition) is 0. The van der Waals surface area contributed by atoms with Crippen molar-refractivity contribution in [3.05, 3.63) is 71.3 Å². The monoisotopic (exact) mass is 469 g/mol. The standard InChI is InChI=1S/C31H50N.CH4.H2O/c1-7-27(15-11-9-12-16-29(8-2)31-17-13-10-14-18-31)25-26(3)30-21-19-28(20-22-30)23-24-32(4,5)6;;/h10,13-14,17-22,26-27,29H,7-9,11-12,15-16,23-25H2,1-6H3;1H4;1H2/q+1;;/p-1. The maximum absolute atomic E-state index is 2.43. The predicted octanol–water partition coefficient (Wildman–Crippen LogP) is 9.06. The van der Waals surface area contributed by atoms with Gasteiger partial charge in [-0.05, 0) is 53.7 Å². The molecule has 0 bridgehead atoms. The van der Waals surface area contributed by atoms with E-state index in [0.29, 0.717) is 5.92 Å². The normalized spacial score (nSPS) is 13.9. The summed E-state index contributed by atoms with van der Waals surface area (Å²) in [4.78, 5) is 0. The number of rotatable bonds is 15. The van der Waals surface area contributed by atoms with E-state index in [1.54, 1.807) is 0 Å². The van der Waals surface area contributed by atoms with Crippen LogP contribution in [0, 0.1) is 5.92 Å². The first-order valence-electron chi connectivity index (χ1n) is 13.3. The number of unbranched alkanes of at least 4 members (excludes halogenated alkanes) is 2. The molecular weight excluding hydrogens is 414 g/mol. The SMILES string of the molecule is C.CCC(CCCCCC(CC)c1ccccc1)CC(C)c1ccc(CC[N+](C)(C)C)cc1.[OH-]. The first kappa shape index (κ1) is 32.4. The molecule has 2 heteroatoms. The molecule has 1 N–H and O–H groups in total. The van der Waals surface area contributed by atoms with Crippen LogP contribution in [0.3, 0.4) is 0 Å². The summed E-state index contributed by atoms with van der Waals surface area (Å²) in [5.41, 5.74) is 4.52. The summed E-state index contributed by atoms with van der Waals surface area (Å²) in [6.45, 7) is 8.34. The van der Waals surface area contributed by atoms with E-state index >= 15 is 0 Å². The van der Waals surface area contributed by atoms with E-state index in [4.69, 9.17) is 0 Å². The van der Waals surface area contributed by atoms with Gasteiger partial charge in [0.2, 0.25) is 0 Å². The summed E-state index contributed by atoms with van der Waals surface area (Å²) in [7, 11) is 6.81. The fourth-order valence-electron chi connectivity index (χ4n) is 4.93. The van der Waals surface area contributed by atoms with Gasteiger partial charge in [0.1, 0.15) is 0 Å². The molecule has 0 saturated heterocycles. The molecule has 0 spiro atoms. The van der Waals surface area contributed by atoms with Gasteiger partial charge in [-0.1, -0.05) is 115 Å². The third kappa shape index (κ3) is 12.2. The van der Waals surface area contributed by atoms with Crippen molar-refractivity contribution in [2.75, 3.05) is 27.7 Å². The minimum Gasteiger partial charge on any atom is -0.870 e. The largest absolute Gasteiger partial charge is 0.870 e. The second kappa shape index (κ2) is 16.9. The van der Waals surface area contributed by atoms with Gasteiger partial charge in [0.05, 0.1) is 27.7 Å². The molecule has 0 aliphatic carbocycles. The van der Waals surface area contributed by atoms with Crippen LogP contribution in [0.1, 0.15) is 108 Å². The van der Waals surface area contributed by atoms with E-state index in [1.165, 1.54) is 81.0 Å². The van der Waals surface area contributed by atoms with Gasteiger partial charge in [-0.25, -0.2) is 0 Å². The highest BCUT2D eigenvalue weighted by Gasteiger charge is 2.14. The van der Waals surface area contributed by atoms with Gasteiger partial charge in [0.15, 0.2) is 0 Å². The second-order valence-corrected chi connectivity index (χ2v) is 11.1. The van der Waals surface area contributed by atoms with Gasteiger partial charge < -0.3 is 9.96 Å². The van der Waals surface area contributed by atoms with Crippen molar-refractivity contribution in [2.24, 2.45) is 5.92 Å². The lowest BCUT2D eigenvalue weighted by Gasteiger charge is -2.24. The summed E-state index contributed by atoms with van der Waals surface area (Å²) in [5, 5.41) is 0. The van der Waals surface area contributed by atoms with Crippen LogP contribution >= 0.6 is 0 Å². The molecule has 0 radical (unpaired) electrons. The second-order valence-electron chi connectivity index (χ2n) is 11.1. The molecule has 0 aromatic heterocycles. The van der Waals surface area contributed by atoms with Crippen molar-refractivity contribution in [1.82, 2.24) is 0 Å². The molecule has 0 amide bonds. The van der Waals surface area contributed by atoms with Gasteiger partial charge in [-0.15, -0.1) is 0 Å². The fraction of sp³-hybridized carbons (Fsp3) is 0.625. The third-order valence-electron chi connectivity index (χ3n) is 7.31. The van der Waals surface area contributed by atoms with Crippen LogP contribution in [0.2, 0.25) is 0 Å². The highest BCUT2D eigenvalue weighted by atomic mass is 16.0. The Balaban J connectivity index is 0.00000544. The van der Waals surface area contributed by atoms with Crippen LogP contribution in [-0.2, 0) is 6.42 Å². The number of hydrogen-bond acceptors (Lipinski definition) is 1. The molecule has 0 saturated carbocycles. The van der Waals surface area contributed by atoms with Gasteiger partial charge in [-0.3, -0.25) is 0 Å². The zero-order chi connectivity index (χ0) is 23.4. The van der Waals surface area contributed by atoms with E-state index in [2.05, 4.69) is 96.5 Å². The van der Waals surface area contributed by atoms with Crippen molar-refractivity contribution < 1.29 is 9.96 Å². The maximum Gasteiger partial charge on any atom is 0.0821 e. The molecule has 3 atom stereocenters. The lowest BCUT2D eigenvalue weighted by Crippen LogP contribution is -2.36. The molecule has 0 fully saturated rings. The van der Waals surface area contributed by atoms with Crippen LogP contribution in [0.5, 0.6) is 0 Å². The smallest absolute Gasteiger partial charge is 0.0821 e. The molecule has 2 rings (SSSR count). The van der Waals surface area contributed by atoms with Gasteiger partial charge in [-0.2, -0.15) is 0 Å². The molecule has 34 heavy (non-hydrogen) atoms. The molecule has 0 aliphatic heterocycles. The molecule has 0 aliphatic rings. The molecule has 0 heterocycles. The Hall–Kier alpha value is -1.64. The quantitative estimate of drug-likeness (QED) is 0.189. The van der Waals surface area contributed by atoms with Gasteiger partial charge in [0, 0.05) is 6.42 Å². The topological polar surface area (TPSA) is 30.0 Å². The molecule has 2 aromatic carbocycles. The number of benzene rings is 2. The summed E-state index contributed by atoms with van der Waals surface area (Å²) in [6, 6.07) is 20.6. The molecule has 2 nitrogen and oxygen atoms in total. The Morgan fingerprint density at radius 3 is 1.91 bits per heavy atom. The van der Waals surface area contributed by atoms with Gasteiger partial charge >= 0.3 is 0 Å². The minimum absolute atomic E-state index is 0. The number of quaternary nitrogens is 1. The van der Waals surface area contributed by atoms with Crippen LogP contribution in [0.4, 0.5) is 0 Å². The van der Waals surface area contributed by atoms with E-state index < -0.39 is 0 Å². The van der Waals surface area contributed by atoms with E-state index in [1.807, 2.05) is 0 Å². The van der Waals surface area contributed by atoms with Crippen LogP contribution in [0.15, 0.2) is 54.6 Å².